The highest BCUT2D eigenvalue weighted by molar-refractivity contribution is 9.10. The van der Waals surface area contributed by atoms with E-state index < -0.39 is 0 Å². The lowest BCUT2D eigenvalue weighted by molar-refractivity contribution is -0.120. The van der Waals surface area contributed by atoms with E-state index in [0.29, 0.717) is 6.54 Å². The Morgan fingerprint density at radius 1 is 1.60 bits per heavy atom. The molecule has 4 nitrogen and oxygen atoms in total. The maximum Gasteiger partial charge on any atom is 0.241 e. The Bertz CT molecular complexity index is 494. The van der Waals surface area contributed by atoms with Crippen LogP contribution in [-0.4, -0.2) is 36.5 Å². The minimum atomic E-state index is -0.137. The first kappa shape index (κ1) is 15.5. The molecule has 1 heterocycles. The Kier molecular flexibility index (Phi) is 4.83. The van der Waals surface area contributed by atoms with Gasteiger partial charge in [0, 0.05) is 16.7 Å². The molecular weight excluding hydrogens is 318 g/mol. The molecule has 2 rings (SSSR count). The summed E-state index contributed by atoms with van der Waals surface area (Å²) in [6.45, 7) is 6.63. The molecule has 0 aromatic heterocycles. The second-order valence-electron chi connectivity index (χ2n) is 5.91. The molecule has 1 aromatic carbocycles. The van der Waals surface area contributed by atoms with E-state index in [1.165, 1.54) is 0 Å². The number of nitrogens with zero attached hydrogens (tertiary/aromatic N) is 1. The summed E-state index contributed by atoms with van der Waals surface area (Å²) >= 11 is 3.40. The number of anilines is 1. The van der Waals surface area contributed by atoms with E-state index in [4.69, 9.17) is 5.73 Å². The summed E-state index contributed by atoms with van der Waals surface area (Å²) in [6, 6.07) is 7.50. The zero-order valence-electron chi connectivity index (χ0n) is 12.0. The fourth-order valence-corrected chi connectivity index (χ4v) is 2.94. The second-order valence-corrected chi connectivity index (χ2v) is 6.83. The number of halogens is 1. The van der Waals surface area contributed by atoms with Crippen molar-refractivity contribution in [3.8, 4) is 0 Å². The van der Waals surface area contributed by atoms with Crippen molar-refractivity contribution in [3.05, 3.63) is 28.7 Å². The van der Waals surface area contributed by atoms with E-state index in [9.17, 15) is 4.79 Å². The van der Waals surface area contributed by atoms with Gasteiger partial charge in [0.1, 0.15) is 0 Å². The molecule has 1 saturated heterocycles. The molecule has 1 aliphatic rings. The molecule has 2 atom stereocenters. The van der Waals surface area contributed by atoms with Gasteiger partial charge in [0.25, 0.3) is 0 Å². The van der Waals surface area contributed by atoms with Crippen LogP contribution in [0.15, 0.2) is 28.7 Å². The predicted octanol–water partition coefficient (Wildman–Crippen LogP) is 2.45. The third-order valence-corrected chi connectivity index (χ3v) is 4.59. The molecule has 0 radical (unpaired) electrons. The van der Waals surface area contributed by atoms with Gasteiger partial charge in [-0.3, -0.25) is 9.69 Å². The van der Waals surface area contributed by atoms with Gasteiger partial charge < -0.3 is 11.1 Å². The molecule has 5 heteroatoms. The number of benzene rings is 1. The number of hydrogen-bond donors (Lipinski definition) is 2. The Balaban J connectivity index is 1.96. The first-order valence-electron chi connectivity index (χ1n) is 6.94. The molecule has 0 saturated carbocycles. The van der Waals surface area contributed by atoms with E-state index in [1.807, 2.05) is 31.2 Å². The highest BCUT2D eigenvalue weighted by Gasteiger charge is 2.36. The Morgan fingerprint density at radius 3 is 2.95 bits per heavy atom. The van der Waals surface area contributed by atoms with Crippen LogP contribution in [-0.2, 0) is 4.79 Å². The lowest BCUT2D eigenvalue weighted by atomic mass is 9.90. The number of likely N-dealkylation sites (tertiary alicyclic amines) is 1. The normalized spacial score (nSPS) is 24.6. The number of carbonyl (C=O) groups is 1. The van der Waals surface area contributed by atoms with Crippen LogP contribution in [0, 0.1) is 5.41 Å². The van der Waals surface area contributed by atoms with Gasteiger partial charge in [-0.1, -0.05) is 28.9 Å². The lowest BCUT2D eigenvalue weighted by Gasteiger charge is -2.26. The molecule has 2 unspecified atom stereocenters. The molecule has 1 aliphatic heterocycles. The Hall–Kier alpha value is -0.910. The van der Waals surface area contributed by atoms with E-state index >= 15 is 0 Å². The van der Waals surface area contributed by atoms with Gasteiger partial charge in [-0.05, 0) is 50.0 Å². The van der Waals surface area contributed by atoms with Crippen LogP contribution in [0.4, 0.5) is 5.69 Å². The van der Waals surface area contributed by atoms with Crippen molar-refractivity contribution in [3.63, 3.8) is 0 Å². The summed E-state index contributed by atoms with van der Waals surface area (Å²) < 4.78 is 0.958. The summed E-state index contributed by atoms with van der Waals surface area (Å²) in [5, 5.41) is 2.96. The summed E-state index contributed by atoms with van der Waals surface area (Å²) in [7, 11) is 0. The van der Waals surface area contributed by atoms with Crippen molar-refractivity contribution in [1.82, 2.24) is 4.90 Å². The van der Waals surface area contributed by atoms with Gasteiger partial charge in [0.2, 0.25) is 5.91 Å². The summed E-state index contributed by atoms with van der Waals surface area (Å²) in [4.78, 5) is 14.5. The zero-order chi connectivity index (χ0) is 14.8. The zero-order valence-corrected chi connectivity index (χ0v) is 13.6. The van der Waals surface area contributed by atoms with Gasteiger partial charge in [-0.2, -0.15) is 0 Å². The van der Waals surface area contributed by atoms with Crippen LogP contribution < -0.4 is 11.1 Å². The number of amides is 1. The van der Waals surface area contributed by atoms with Crippen molar-refractivity contribution in [2.24, 2.45) is 11.1 Å². The van der Waals surface area contributed by atoms with Crippen LogP contribution in [0.3, 0.4) is 0 Å². The third-order valence-electron chi connectivity index (χ3n) is 4.10. The lowest BCUT2D eigenvalue weighted by Crippen LogP contribution is -2.42. The molecule has 20 heavy (non-hydrogen) atoms. The van der Waals surface area contributed by atoms with E-state index in [-0.39, 0.29) is 17.4 Å². The van der Waals surface area contributed by atoms with Crippen LogP contribution in [0.2, 0.25) is 0 Å². The van der Waals surface area contributed by atoms with Gasteiger partial charge in [0.15, 0.2) is 0 Å². The first-order chi connectivity index (χ1) is 9.43. The number of hydrogen-bond acceptors (Lipinski definition) is 3. The first-order valence-corrected chi connectivity index (χ1v) is 7.73. The van der Waals surface area contributed by atoms with Crippen molar-refractivity contribution >= 4 is 27.5 Å². The fourth-order valence-electron chi connectivity index (χ4n) is 2.54. The molecular formula is C15H22BrN3O. The SMILES string of the molecule is CC(C(=O)Nc1cccc(Br)c1)N1CCC(C)(CN)C1. The Morgan fingerprint density at radius 2 is 2.35 bits per heavy atom. The summed E-state index contributed by atoms with van der Waals surface area (Å²) in [6.07, 6.45) is 1.05. The molecule has 1 aromatic rings. The monoisotopic (exact) mass is 339 g/mol. The van der Waals surface area contributed by atoms with Gasteiger partial charge >= 0.3 is 0 Å². The summed E-state index contributed by atoms with van der Waals surface area (Å²) in [5.74, 6) is 0.0318. The van der Waals surface area contributed by atoms with Crippen molar-refractivity contribution < 1.29 is 4.79 Å². The maximum atomic E-state index is 12.3. The average molecular weight is 340 g/mol. The molecule has 3 N–H and O–H groups in total. The number of carbonyl (C=O) groups excluding carboxylic acids is 1. The topological polar surface area (TPSA) is 58.4 Å². The van der Waals surface area contributed by atoms with Gasteiger partial charge in [-0.15, -0.1) is 0 Å². The third kappa shape index (κ3) is 3.59. The minimum Gasteiger partial charge on any atom is -0.330 e. The minimum absolute atomic E-state index is 0.0318. The average Bonchev–Trinajstić information content (AvgIpc) is 2.81. The highest BCUT2D eigenvalue weighted by atomic mass is 79.9. The smallest absolute Gasteiger partial charge is 0.241 e. The standard InChI is InChI=1S/C15H22BrN3O/c1-11(19-7-6-15(2,9-17)10-19)14(20)18-13-5-3-4-12(16)8-13/h3-5,8,11H,6-7,9-10,17H2,1-2H3,(H,18,20). The summed E-state index contributed by atoms with van der Waals surface area (Å²) in [5.41, 5.74) is 6.77. The second kappa shape index (κ2) is 6.24. The molecule has 1 fully saturated rings. The number of nitrogens with two attached hydrogens (primary N) is 1. The van der Waals surface area contributed by atoms with Crippen LogP contribution >= 0.6 is 15.9 Å². The van der Waals surface area contributed by atoms with Gasteiger partial charge in [0.05, 0.1) is 6.04 Å². The largest absolute Gasteiger partial charge is 0.330 e. The van der Waals surface area contributed by atoms with Crippen molar-refractivity contribution in [1.29, 1.82) is 0 Å². The predicted molar refractivity (Wildman–Crippen MR) is 85.6 cm³/mol. The molecule has 0 bridgehead atoms. The van der Waals surface area contributed by atoms with Crippen LogP contribution in [0.5, 0.6) is 0 Å². The highest BCUT2D eigenvalue weighted by Crippen LogP contribution is 2.30. The van der Waals surface area contributed by atoms with Crippen molar-refractivity contribution in [2.75, 3.05) is 25.0 Å². The van der Waals surface area contributed by atoms with E-state index in [0.717, 1.165) is 29.7 Å². The quantitative estimate of drug-likeness (QED) is 0.885. The van der Waals surface area contributed by atoms with Gasteiger partial charge in [-0.25, -0.2) is 0 Å². The van der Waals surface area contributed by atoms with Crippen molar-refractivity contribution in [2.45, 2.75) is 26.3 Å². The molecule has 0 spiro atoms. The fraction of sp³-hybridized carbons (Fsp3) is 0.533. The number of rotatable bonds is 4. The Labute approximate surface area is 128 Å². The van der Waals surface area contributed by atoms with Crippen LogP contribution in [0.25, 0.3) is 0 Å². The molecule has 0 aliphatic carbocycles. The number of nitrogens with one attached hydrogen (secondary N) is 1. The van der Waals surface area contributed by atoms with E-state index in [1.54, 1.807) is 0 Å². The van der Waals surface area contributed by atoms with Crippen LogP contribution in [0.1, 0.15) is 20.3 Å². The molecule has 1 amide bonds. The molecule has 110 valence electrons. The maximum absolute atomic E-state index is 12.3. The van der Waals surface area contributed by atoms with E-state index in [2.05, 4.69) is 33.1 Å².